The molecule has 0 unspecified atom stereocenters. The van der Waals surface area contributed by atoms with Crippen LogP contribution in [-0.4, -0.2) is 62.1 Å². The number of hydrogen-bond donors (Lipinski definition) is 0. The van der Waals surface area contributed by atoms with E-state index in [1.165, 1.54) is 6.42 Å². The highest BCUT2D eigenvalue weighted by Gasteiger charge is 2.19. The molecule has 82 valence electrons. The largest absolute Gasteiger partial charge is 0.375 e. The molecule has 0 bridgehead atoms. The molecule has 4 heteroatoms. The first-order valence-electron chi connectivity index (χ1n) is 5.27. The summed E-state index contributed by atoms with van der Waals surface area (Å²) in [4.78, 5) is 15.7. The van der Waals surface area contributed by atoms with E-state index in [9.17, 15) is 4.79 Å². The van der Waals surface area contributed by atoms with Gasteiger partial charge in [0.1, 0.15) is 6.61 Å². The molecule has 0 atom stereocenters. The molecule has 0 aliphatic carbocycles. The molecule has 1 heterocycles. The predicted molar refractivity (Wildman–Crippen MR) is 55.2 cm³/mol. The van der Waals surface area contributed by atoms with Crippen molar-refractivity contribution in [1.82, 2.24) is 9.80 Å². The van der Waals surface area contributed by atoms with Crippen LogP contribution in [-0.2, 0) is 9.53 Å². The molecular formula is C10H20N2O2. The van der Waals surface area contributed by atoms with Crippen molar-refractivity contribution in [2.75, 3.05) is 46.4 Å². The SMILES string of the molecule is CCCN1CCN(C(=O)COC)CC1. The maximum absolute atomic E-state index is 11.4. The van der Waals surface area contributed by atoms with Crippen LogP contribution in [0.1, 0.15) is 13.3 Å². The van der Waals surface area contributed by atoms with Gasteiger partial charge in [-0.3, -0.25) is 9.69 Å². The molecule has 1 amide bonds. The summed E-state index contributed by atoms with van der Waals surface area (Å²) >= 11 is 0. The highest BCUT2D eigenvalue weighted by atomic mass is 16.5. The van der Waals surface area contributed by atoms with E-state index in [1.807, 2.05) is 4.90 Å². The van der Waals surface area contributed by atoms with E-state index >= 15 is 0 Å². The summed E-state index contributed by atoms with van der Waals surface area (Å²) in [5.74, 6) is 0.114. The average molecular weight is 200 g/mol. The lowest BCUT2D eigenvalue weighted by Gasteiger charge is -2.34. The van der Waals surface area contributed by atoms with Crippen molar-refractivity contribution in [2.24, 2.45) is 0 Å². The second-order valence-corrected chi connectivity index (χ2v) is 3.66. The molecule has 0 radical (unpaired) electrons. The lowest BCUT2D eigenvalue weighted by Crippen LogP contribution is -2.49. The quantitative estimate of drug-likeness (QED) is 0.649. The van der Waals surface area contributed by atoms with E-state index in [-0.39, 0.29) is 12.5 Å². The highest BCUT2D eigenvalue weighted by Crippen LogP contribution is 2.02. The van der Waals surface area contributed by atoms with Crippen molar-refractivity contribution >= 4 is 5.91 Å². The van der Waals surface area contributed by atoms with Crippen molar-refractivity contribution in [3.8, 4) is 0 Å². The van der Waals surface area contributed by atoms with Crippen LogP contribution >= 0.6 is 0 Å². The lowest BCUT2D eigenvalue weighted by molar-refractivity contribution is -0.136. The van der Waals surface area contributed by atoms with Gasteiger partial charge in [0.05, 0.1) is 0 Å². The van der Waals surface area contributed by atoms with Gasteiger partial charge in [0.25, 0.3) is 0 Å². The first-order chi connectivity index (χ1) is 6.77. The summed E-state index contributed by atoms with van der Waals surface area (Å²) in [6.45, 7) is 7.25. The Hall–Kier alpha value is -0.610. The van der Waals surface area contributed by atoms with E-state index in [0.717, 1.165) is 32.7 Å². The lowest BCUT2D eigenvalue weighted by atomic mass is 10.3. The molecule has 1 aliphatic heterocycles. The average Bonchev–Trinajstić information content (AvgIpc) is 2.20. The molecule has 0 aromatic carbocycles. The molecular weight excluding hydrogens is 180 g/mol. The fourth-order valence-electron chi connectivity index (χ4n) is 1.75. The highest BCUT2D eigenvalue weighted by molar-refractivity contribution is 5.77. The normalized spacial score (nSPS) is 18.6. The third-order valence-electron chi connectivity index (χ3n) is 2.53. The van der Waals surface area contributed by atoms with E-state index in [0.29, 0.717) is 0 Å². The number of carbonyl (C=O) groups is 1. The second-order valence-electron chi connectivity index (χ2n) is 3.66. The molecule has 1 aliphatic rings. The van der Waals surface area contributed by atoms with Gasteiger partial charge in [-0.2, -0.15) is 0 Å². The Kier molecular flexibility index (Phi) is 4.90. The number of ether oxygens (including phenoxy) is 1. The maximum Gasteiger partial charge on any atom is 0.248 e. The Bertz CT molecular complexity index is 177. The molecule has 0 N–H and O–H groups in total. The zero-order chi connectivity index (χ0) is 10.4. The molecule has 14 heavy (non-hydrogen) atoms. The molecule has 0 saturated carbocycles. The predicted octanol–water partition coefficient (Wildman–Crippen LogP) is 0.187. The summed E-state index contributed by atoms with van der Waals surface area (Å²) < 4.78 is 4.83. The van der Waals surface area contributed by atoms with Crippen LogP contribution in [0.2, 0.25) is 0 Å². The molecule has 0 spiro atoms. The first kappa shape index (κ1) is 11.5. The molecule has 0 aromatic heterocycles. The molecule has 4 nitrogen and oxygen atoms in total. The summed E-state index contributed by atoms with van der Waals surface area (Å²) in [5.41, 5.74) is 0. The molecule has 0 aromatic rings. The van der Waals surface area contributed by atoms with Crippen LogP contribution in [0, 0.1) is 0 Å². The molecule has 1 rings (SSSR count). The fourth-order valence-corrected chi connectivity index (χ4v) is 1.75. The van der Waals surface area contributed by atoms with Crippen molar-refractivity contribution in [3.05, 3.63) is 0 Å². The summed E-state index contributed by atoms with van der Waals surface area (Å²) in [7, 11) is 1.56. The van der Waals surface area contributed by atoms with E-state index in [1.54, 1.807) is 7.11 Å². The van der Waals surface area contributed by atoms with Crippen molar-refractivity contribution < 1.29 is 9.53 Å². The second kappa shape index (κ2) is 5.98. The topological polar surface area (TPSA) is 32.8 Å². The van der Waals surface area contributed by atoms with Crippen LogP contribution in [0.4, 0.5) is 0 Å². The summed E-state index contributed by atoms with van der Waals surface area (Å²) in [6.07, 6.45) is 1.19. The minimum Gasteiger partial charge on any atom is -0.375 e. The monoisotopic (exact) mass is 200 g/mol. The fraction of sp³-hybridized carbons (Fsp3) is 0.900. The van der Waals surface area contributed by atoms with Crippen molar-refractivity contribution in [3.63, 3.8) is 0 Å². The third kappa shape index (κ3) is 3.27. The van der Waals surface area contributed by atoms with E-state index < -0.39 is 0 Å². The van der Waals surface area contributed by atoms with Gasteiger partial charge in [0.2, 0.25) is 5.91 Å². The maximum atomic E-state index is 11.4. The number of nitrogens with zero attached hydrogens (tertiary/aromatic N) is 2. The van der Waals surface area contributed by atoms with Crippen molar-refractivity contribution in [1.29, 1.82) is 0 Å². The summed E-state index contributed by atoms with van der Waals surface area (Å²) in [5, 5.41) is 0. The third-order valence-corrected chi connectivity index (χ3v) is 2.53. The zero-order valence-electron chi connectivity index (χ0n) is 9.16. The van der Waals surface area contributed by atoms with Gasteiger partial charge in [-0.15, -0.1) is 0 Å². The number of methoxy groups -OCH3 is 1. The van der Waals surface area contributed by atoms with Crippen LogP contribution in [0.15, 0.2) is 0 Å². The van der Waals surface area contributed by atoms with Gasteiger partial charge in [-0.05, 0) is 13.0 Å². The number of carbonyl (C=O) groups excluding carboxylic acids is 1. The van der Waals surface area contributed by atoms with Gasteiger partial charge in [0.15, 0.2) is 0 Å². The number of piperazine rings is 1. The standard InChI is InChI=1S/C10H20N2O2/c1-3-4-11-5-7-12(8-6-11)10(13)9-14-2/h3-9H2,1-2H3. The Morgan fingerprint density at radius 1 is 1.29 bits per heavy atom. The summed E-state index contributed by atoms with van der Waals surface area (Å²) in [6, 6.07) is 0. The first-order valence-corrected chi connectivity index (χ1v) is 5.27. The van der Waals surface area contributed by atoms with E-state index in [4.69, 9.17) is 4.74 Å². The minimum atomic E-state index is 0.114. The van der Waals surface area contributed by atoms with Gasteiger partial charge in [-0.25, -0.2) is 0 Å². The zero-order valence-corrected chi connectivity index (χ0v) is 9.16. The number of amides is 1. The molecule has 1 fully saturated rings. The van der Waals surface area contributed by atoms with Crippen molar-refractivity contribution in [2.45, 2.75) is 13.3 Å². The number of hydrogen-bond acceptors (Lipinski definition) is 3. The Labute approximate surface area is 85.8 Å². The van der Waals surface area contributed by atoms with Crippen LogP contribution < -0.4 is 0 Å². The van der Waals surface area contributed by atoms with Gasteiger partial charge in [0, 0.05) is 33.3 Å². The van der Waals surface area contributed by atoms with Gasteiger partial charge >= 0.3 is 0 Å². The Morgan fingerprint density at radius 3 is 2.43 bits per heavy atom. The van der Waals surface area contributed by atoms with Crippen LogP contribution in [0.25, 0.3) is 0 Å². The smallest absolute Gasteiger partial charge is 0.248 e. The Balaban J connectivity index is 2.24. The van der Waals surface area contributed by atoms with E-state index in [2.05, 4.69) is 11.8 Å². The van der Waals surface area contributed by atoms with Crippen LogP contribution in [0.3, 0.4) is 0 Å². The van der Waals surface area contributed by atoms with Crippen LogP contribution in [0.5, 0.6) is 0 Å². The van der Waals surface area contributed by atoms with Gasteiger partial charge < -0.3 is 9.64 Å². The number of rotatable bonds is 4. The minimum absolute atomic E-state index is 0.114. The molecule has 1 saturated heterocycles. The Morgan fingerprint density at radius 2 is 1.93 bits per heavy atom. The van der Waals surface area contributed by atoms with Gasteiger partial charge in [-0.1, -0.05) is 6.92 Å².